The highest BCUT2D eigenvalue weighted by Gasteiger charge is 2.12. The number of hydrogen-bond acceptors (Lipinski definition) is 3. The Bertz CT molecular complexity index is 463. The molecule has 20 heavy (non-hydrogen) atoms. The van der Waals surface area contributed by atoms with Crippen LogP contribution in [-0.4, -0.2) is 43.5 Å². The lowest BCUT2D eigenvalue weighted by Gasteiger charge is -2.26. The Hall–Kier alpha value is -1.44. The molecular weight excluding hydrogens is 253 g/mol. The van der Waals surface area contributed by atoms with Crippen molar-refractivity contribution in [3.05, 3.63) is 35.1 Å². The van der Waals surface area contributed by atoms with Crippen molar-refractivity contribution in [2.45, 2.75) is 20.4 Å². The summed E-state index contributed by atoms with van der Waals surface area (Å²) in [5.74, 6) is 0.294. The predicted molar refractivity (Wildman–Crippen MR) is 79.8 cm³/mol. The van der Waals surface area contributed by atoms with E-state index >= 15 is 0 Å². The number of likely N-dealkylation sites (N-methyl/N-ethyl adjacent to an activating group) is 1. The summed E-state index contributed by atoms with van der Waals surface area (Å²) in [6, 6.07) is 6.62. The van der Waals surface area contributed by atoms with E-state index in [0.29, 0.717) is 23.6 Å². The summed E-state index contributed by atoms with van der Waals surface area (Å²) in [4.78, 5) is 4.36. The molecule has 0 amide bonds. The van der Waals surface area contributed by atoms with Crippen LogP contribution in [0.15, 0.2) is 18.2 Å². The number of halogens is 1. The maximum absolute atomic E-state index is 13.9. The molecule has 0 aliphatic carbocycles. The van der Waals surface area contributed by atoms with E-state index in [9.17, 15) is 4.39 Å². The van der Waals surface area contributed by atoms with E-state index in [2.05, 4.69) is 29.7 Å². The minimum Gasteiger partial charge on any atom is -0.308 e. The molecule has 0 spiro atoms. The lowest BCUT2D eigenvalue weighted by Crippen LogP contribution is -2.34. The number of rotatable bonds is 7. The lowest BCUT2D eigenvalue weighted by atomic mass is 10.1. The zero-order valence-electron chi connectivity index (χ0n) is 12.9. The van der Waals surface area contributed by atoms with Crippen molar-refractivity contribution in [3.8, 4) is 6.07 Å². The van der Waals surface area contributed by atoms with Crippen molar-refractivity contribution in [3.63, 3.8) is 0 Å². The molecule has 1 rings (SSSR count). The molecular formula is C16H24FN3. The number of nitrogens with zero attached hydrogens (tertiary/aromatic N) is 3. The fourth-order valence-electron chi connectivity index (χ4n) is 2.10. The smallest absolute Gasteiger partial charge is 0.127 e. The maximum Gasteiger partial charge on any atom is 0.127 e. The van der Waals surface area contributed by atoms with Crippen LogP contribution in [0.5, 0.6) is 0 Å². The third-order valence-corrected chi connectivity index (χ3v) is 3.06. The van der Waals surface area contributed by atoms with Gasteiger partial charge < -0.3 is 4.90 Å². The Morgan fingerprint density at radius 3 is 2.50 bits per heavy atom. The van der Waals surface area contributed by atoms with Gasteiger partial charge in [0.25, 0.3) is 0 Å². The van der Waals surface area contributed by atoms with Gasteiger partial charge in [-0.1, -0.05) is 13.8 Å². The Morgan fingerprint density at radius 1 is 1.25 bits per heavy atom. The summed E-state index contributed by atoms with van der Waals surface area (Å²) in [6.45, 7) is 7.61. The minimum absolute atomic E-state index is 0.234. The van der Waals surface area contributed by atoms with Crippen LogP contribution >= 0.6 is 0 Å². The lowest BCUT2D eigenvalue weighted by molar-refractivity contribution is 0.209. The van der Waals surface area contributed by atoms with Gasteiger partial charge in [-0.3, -0.25) is 4.90 Å². The topological polar surface area (TPSA) is 30.3 Å². The quantitative estimate of drug-likeness (QED) is 0.767. The normalized spacial score (nSPS) is 11.3. The molecule has 0 N–H and O–H groups in total. The Kier molecular flexibility index (Phi) is 6.63. The van der Waals surface area contributed by atoms with Crippen LogP contribution in [0.2, 0.25) is 0 Å². The molecule has 0 aliphatic rings. The second kappa shape index (κ2) is 7.98. The molecule has 1 aromatic rings. The van der Waals surface area contributed by atoms with Gasteiger partial charge in [0.05, 0.1) is 11.6 Å². The van der Waals surface area contributed by atoms with Gasteiger partial charge in [-0.25, -0.2) is 4.39 Å². The monoisotopic (exact) mass is 277 g/mol. The number of benzene rings is 1. The van der Waals surface area contributed by atoms with Crippen LogP contribution in [-0.2, 0) is 6.54 Å². The first kappa shape index (κ1) is 16.6. The second-order valence-corrected chi connectivity index (χ2v) is 5.85. The highest BCUT2D eigenvalue weighted by molar-refractivity contribution is 5.33. The van der Waals surface area contributed by atoms with E-state index in [1.54, 1.807) is 6.07 Å². The van der Waals surface area contributed by atoms with E-state index in [0.717, 1.165) is 19.6 Å². The molecule has 110 valence electrons. The van der Waals surface area contributed by atoms with Gasteiger partial charge in [0.2, 0.25) is 0 Å². The zero-order valence-corrected chi connectivity index (χ0v) is 12.9. The molecule has 0 bridgehead atoms. The number of nitriles is 1. The van der Waals surface area contributed by atoms with E-state index in [-0.39, 0.29) is 5.82 Å². The molecule has 0 aromatic heterocycles. The van der Waals surface area contributed by atoms with E-state index in [4.69, 9.17) is 5.26 Å². The molecule has 0 atom stereocenters. The summed E-state index contributed by atoms with van der Waals surface area (Å²) in [7, 11) is 4.06. The first-order valence-corrected chi connectivity index (χ1v) is 6.98. The largest absolute Gasteiger partial charge is 0.308 e. The summed E-state index contributed by atoms with van der Waals surface area (Å²) < 4.78 is 13.9. The SMILES string of the molecule is CC(C)CN(CCN(C)C)Cc1cc(C#N)ccc1F. The van der Waals surface area contributed by atoms with Crippen molar-refractivity contribution < 1.29 is 4.39 Å². The summed E-state index contributed by atoms with van der Waals surface area (Å²) in [6.07, 6.45) is 0. The number of hydrogen-bond donors (Lipinski definition) is 0. The Balaban J connectivity index is 2.80. The zero-order chi connectivity index (χ0) is 15.1. The first-order chi connectivity index (χ1) is 9.42. The van der Waals surface area contributed by atoms with Gasteiger partial charge in [0, 0.05) is 31.7 Å². The molecule has 0 saturated carbocycles. The van der Waals surface area contributed by atoms with Crippen LogP contribution in [0.3, 0.4) is 0 Å². The third-order valence-electron chi connectivity index (χ3n) is 3.06. The Labute approximate surface area is 121 Å². The van der Waals surface area contributed by atoms with Crippen LogP contribution in [0, 0.1) is 23.1 Å². The van der Waals surface area contributed by atoms with E-state index in [1.165, 1.54) is 12.1 Å². The van der Waals surface area contributed by atoms with Gasteiger partial charge in [-0.2, -0.15) is 5.26 Å². The molecule has 1 aromatic carbocycles. The van der Waals surface area contributed by atoms with Crippen LogP contribution in [0.25, 0.3) is 0 Å². The van der Waals surface area contributed by atoms with Gasteiger partial charge in [0.1, 0.15) is 5.82 Å². The minimum atomic E-state index is -0.234. The molecule has 0 aliphatic heterocycles. The molecule has 0 saturated heterocycles. The summed E-state index contributed by atoms with van der Waals surface area (Å²) in [5, 5.41) is 8.92. The van der Waals surface area contributed by atoms with Crippen molar-refractivity contribution in [1.29, 1.82) is 5.26 Å². The average molecular weight is 277 g/mol. The van der Waals surface area contributed by atoms with Crippen LogP contribution < -0.4 is 0 Å². The Morgan fingerprint density at radius 2 is 1.95 bits per heavy atom. The standard InChI is InChI=1S/C16H24FN3/c1-13(2)11-20(8-7-19(3)4)12-15-9-14(10-18)5-6-16(15)17/h5-6,9,13H,7-8,11-12H2,1-4H3. The van der Waals surface area contributed by atoms with Crippen LogP contribution in [0.1, 0.15) is 25.0 Å². The average Bonchev–Trinajstić information content (AvgIpc) is 2.37. The summed E-state index contributed by atoms with van der Waals surface area (Å²) >= 11 is 0. The van der Waals surface area contributed by atoms with E-state index < -0.39 is 0 Å². The van der Waals surface area contributed by atoms with Crippen molar-refractivity contribution in [1.82, 2.24) is 9.80 Å². The maximum atomic E-state index is 13.9. The predicted octanol–water partition coefficient (Wildman–Crippen LogP) is 2.72. The van der Waals surface area contributed by atoms with Gasteiger partial charge in [-0.05, 0) is 38.2 Å². The second-order valence-electron chi connectivity index (χ2n) is 5.85. The van der Waals surface area contributed by atoms with Gasteiger partial charge in [0.15, 0.2) is 0 Å². The van der Waals surface area contributed by atoms with Gasteiger partial charge in [-0.15, -0.1) is 0 Å². The fraction of sp³-hybridized carbons (Fsp3) is 0.562. The molecule has 0 unspecified atom stereocenters. The summed E-state index contributed by atoms with van der Waals surface area (Å²) in [5.41, 5.74) is 1.11. The van der Waals surface area contributed by atoms with Crippen molar-refractivity contribution in [2.24, 2.45) is 5.92 Å². The van der Waals surface area contributed by atoms with Crippen molar-refractivity contribution in [2.75, 3.05) is 33.7 Å². The molecule has 0 radical (unpaired) electrons. The first-order valence-electron chi connectivity index (χ1n) is 6.98. The van der Waals surface area contributed by atoms with E-state index in [1.807, 2.05) is 14.1 Å². The highest BCUT2D eigenvalue weighted by atomic mass is 19.1. The van der Waals surface area contributed by atoms with Crippen molar-refractivity contribution >= 4 is 0 Å². The molecule has 0 heterocycles. The van der Waals surface area contributed by atoms with Gasteiger partial charge >= 0.3 is 0 Å². The third kappa shape index (κ3) is 5.68. The van der Waals surface area contributed by atoms with Crippen LogP contribution in [0.4, 0.5) is 4.39 Å². The molecule has 0 fully saturated rings. The fourth-order valence-corrected chi connectivity index (χ4v) is 2.10. The molecule has 3 nitrogen and oxygen atoms in total. The highest BCUT2D eigenvalue weighted by Crippen LogP contribution is 2.14. The molecule has 4 heteroatoms.